The summed E-state index contributed by atoms with van der Waals surface area (Å²) in [6.45, 7) is 1.22. The Bertz CT molecular complexity index is 636. The number of aryl methyl sites for hydroxylation is 1. The minimum absolute atomic E-state index is 0.480. The van der Waals surface area contributed by atoms with Crippen molar-refractivity contribution < 1.29 is 9.90 Å². The second kappa shape index (κ2) is 5.09. The fraction of sp³-hybridized carbons (Fsp3) is 0.333. The minimum Gasteiger partial charge on any atom is -0.480 e. The number of carboxylic acid groups (broad SMARTS) is 1. The van der Waals surface area contributed by atoms with Gasteiger partial charge in [-0.2, -0.15) is 5.10 Å². The number of aliphatic carboxylic acids is 1. The van der Waals surface area contributed by atoms with E-state index >= 15 is 0 Å². The van der Waals surface area contributed by atoms with Crippen LogP contribution in [-0.2, 0) is 31.4 Å². The van der Waals surface area contributed by atoms with Crippen molar-refractivity contribution in [2.45, 2.75) is 25.6 Å². The number of hydrogen-bond acceptors (Lipinski definition) is 3. The molecule has 3 rings (SSSR count). The van der Waals surface area contributed by atoms with Crippen molar-refractivity contribution in [3.8, 4) is 0 Å². The molecule has 0 spiro atoms. The number of carbonyl (C=O) groups is 1. The van der Waals surface area contributed by atoms with Gasteiger partial charge in [0.25, 0.3) is 0 Å². The Morgan fingerprint density at radius 2 is 2.10 bits per heavy atom. The van der Waals surface area contributed by atoms with Crippen molar-refractivity contribution in [2.75, 3.05) is 0 Å². The number of fused-ring (bicyclic) bond motifs is 1. The molecular weight excluding hydrogens is 254 g/mol. The van der Waals surface area contributed by atoms with E-state index < -0.39 is 12.0 Å². The molecule has 0 fully saturated rings. The first-order valence-electron chi connectivity index (χ1n) is 6.65. The van der Waals surface area contributed by atoms with E-state index in [-0.39, 0.29) is 0 Å². The van der Waals surface area contributed by atoms with Crippen LogP contribution >= 0.6 is 0 Å². The molecule has 1 aliphatic heterocycles. The zero-order valence-electron chi connectivity index (χ0n) is 11.4. The Hall–Kier alpha value is -2.14. The highest BCUT2D eigenvalue weighted by Crippen LogP contribution is 2.24. The van der Waals surface area contributed by atoms with Crippen LogP contribution < -0.4 is 0 Å². The Morgan fingerprint density at radius 3 is 2.75 bits per heavy atom. The van der Waals surface area contributed by atoms with Crippen LogP contribution in [0.4, 0.5) is 0 Å². The summed E-state index contributed by atoms with van der Waals surface area (Å²) in [5, 5.41) is 13.8. The number of rotatable bonds is 3. The second-order valence-electron chi connectivity index (χ2n) is 5.21. The quantitative estimate of drug-likeness (QED) is 0.917. The van der Waals surface area contributed by atoms with Crippen LogP contribution in [0, 0.1) is 0 Å². The minimum atomic E-state index is -0.768. The van der Waals surface area contributed by atoms with Crippen LogP contribution in [0.3, 0.4) is 0 Å². The first kappa shape index (κ1) is 12.9. The van der Waals surface area contributed by atoms with Gasteiger partial charge in [-0.15, -0.1) is 0 Å². The molecule has 0 radical (unpaired) electrons. The van der Waals surface area contributed by atoms with Crippen LogP contribution in [0.15, 0.2) is 36.5 Å². The van der Waals surface area contributed by atoms with Crippen LogP contribution in [0.1, 0.15) is 16.8 Å². The van der Waals surface area contributed by atoms with Crippen LogP contribution in [0.5, 0.6) is 0 Å². The average Bonchev–Trinajstić information content (AvgIpc) is 2.83. The molecule has 0 amide bonds. The number of aromatic nitrogens is 2. The Balaban J connectivity index is 1.86. The molecular formula is C15H17N3O2. The monoisotopic (exact) mass is 271 g/mol. The number of benzene rings is 1. The van der Waals surface area contributed by atoms with Gasteiger partial charge in [0, 0.05) is 26.3 Å². The van der Waals surface area contributed by atoms with E-state index in [9.17, 15) is 9.90 Å². The van der Waals surface area contributed by atoms with Gasteiger partial charge >= 0.3 is 5.97 Å². The van der Waals surface area contributed by atoms with Gasteiger partial charge < -0.3 is 5.11 Å². The lowest BCUT2D eigenvalue weighted by atomic mass is 9.94. The van der Waals surface area contributed by atoms with Crippen molar-refractivity contribution >= 4 is 5.97 Å². The van der Waals surface area contributed by atoms with Crippen molar-refractivity contribution in [2.24, 2.45) is 7.05 Å². The molecule has 2 aromatic rings. The molecule has 5 nitrogen and oxygen atoms in total. The summed E-state index contributed by atoms with van der Waals surface area (Å²) in [5.74, 6) is -0.768. The third kappa shape index (κ3) is 2.44. The maximum atomic E-state index is 11.5. The van der Waals surface area contributed by atoms with Gasteiger partial charge in [0.05, 0.1) is 5.69 Å². The summed E-state index contributed by atoms with van der Waals surface area (Å²) in [5.41, 5.74) is 3.25. The topological polar surface area (TPSA) is 58.4 Å². The Labute approximate surface area is 117 Å². The van der Waals surface area contributed by atoms with Gasteiger partial charge in [0.1, 0.15) is 6.04 Å². The predicted octanol–water partition coefficient (Wildman–Crippen LogP) is 1.43. The third-order valence-electron chi connectivity index (χ3n) is 3.76. The number of carboxylic acids is 1. The molecule has 1 aromatic carbocycles. The highest BCUT2D eigenvalue weighted by atomic mass is 16.4. The van der Waals surface area contributed by atoms with E-state index in [1.807, 2.05) is 42.4 Å². The SMILES string of the molecule is Cn1ccc(CN2Cc3ccccc3CC2C(=O)O)n1. The molecule has 5 heteroatoms. The molecule has 1 atom stereocenters. The van der Waals surface area contributed by atoms with Crippen LogP contribution in [-0.4, -0.2) is 31.8 Å². The molecule has 104 valence electrons. The maximum Gasteiger partial charge on any atom is 0.321 e. The maximum absolute atomic E-state index is 11.5. The lowest BCUT2D eigenvalue weighted by Gasteiger charge is -2.33. The van der Waals surface area contributed by atoms with E-state index in [2.05, 4.69) is 11.2 Å². The Kier molecular flexibility index (Phi) is 3.28. The van der Waals surface area contributed by atoms with Gasteiger partial charge in [0.2, 0.25) is 0 Å². The fourth-order valence-corrected chi connectivity index (χ4v) is 2.74. The van der Waals surface area contributed by atoms with Crippen molar-refractivity contribution in [1.29, 1.82) is 0 Å². The number of nitrogens with zero attached hydrogens (tertiary/aromatic N) is 3. The molecule has 0 aliphatic carbocycles. The van der Waals surface area contributed by atoms with E-state index in [0.717, 1.165) is 11.3 Å². The highest BCUT2D eigenvalue weighted by Gasteiger charge is 2.31. The molecule has 0 bridgehead atoms. The average molecular weight is 271 g/mol. The van der Waals surface area contributed by atoms with E-state index in [0.29, 0.717) is 19.5 Å². The fourth-order valence-electron chi connectivity index (χ4n) is 2.74. The summed E-state index contributed by atoms with van der Waals surface area (Å²) >= 11 is 0. The van der Waals surface area contributed by atoms with Crippen molar-refractivity contribution in [3.63, 3.8) is 0 Å². The smallest absolute Gasteiger partial charge is 0.321 e. The molecule has 1 N–H and O–H groups in total. The van der Waals surface area contributed by atoms with Crippen molar-refractivity contribution in [1.82, 2.24) is 14.7 Å². The molecule has 2 heterocycles. The van der Waals surface area contributed by atoms with E-state index in [1.165, 1.54) is 5.56 Å². The molecule has 1 unspecified atom stereocenters. The molecule has 0 saturated heterocycles. The first-order chi connectivity index (χ1) is 9.63. The number of hydrogen-bond donors (Lipinski definition) is 1. The summed E-state index contributed by atoms with van der Waals surface area (Å²) in [6.07, 6.45) is 2.43. The normalized spacial score (nSPS) is 18.8. The second-order valence-corrected chi connectivity index (χ2v) is 5.21. The third-order valence-corrected chi connectivity index (χ3v) is 3.76. The molecule has 0 saturated carbocycles. The van der Waals surface area contributed by atoms with Crippen LogP contribution in [0.25, 0.3) is 0 Å². The van der Waals surface area contributed by atoms with E-state index in [1.54, 1.807) is 4.68 Å². The largest absolute Gasteiger partial charge is 0.480 e. The lowest BCUT2D eigenvalue weighted by molar-refractivity contribution is -0.144. The summed E-state index contributed by atoms with van der Waals surface area (Å²) in [7, 11) is 1.86. The van der Waals surface area contributed by atoms with Gasteiger partial charge in [-0.3, -0.25) is 14.4 Å². The lowest BCUT2D eigenvalue weighted by Crippen LogP contribution is -2.45. The Morgan fingerprint density at radius 1 is 1.35 bits per heavy atom. The van der Waals surface area contributed by atoms with Gasteiger partial charge in [-0.05, 0) is 23.6 Å². The van der Waals surface area contributed by atoms with Gasteiger partial charge in [0.15, 0.2) is 0 Å². The summed E-state index contributed by atoms with van der Waals surface area (Å²) in [4.78, 5) is 13.5. The summed E-state index contributed by atoms with van der Waals surface area (Å²) < 4.78 is 1.74. The zero-order chi connectivity index (χ0) is 14.1. The van der Waals surface area contributed by atoms with Gasteiger partial charge in [-0.25, -0.2) is 0 Å². The van der Waals surface area contributed by atoms with Crippen LogP contribution in [0.2, 0.25) is 0 Å². The molecule has 20 heavy (non-hydrogen) atoms. The summed E-state index contributed by atoms with van der Waals surface area (Å²) in [6, 6.07) is 9.50. The van der Waals surface area contributed by atoms with Gasteiger partial charge in [-0.1, -0.05) is 24.3 Å². The molecule has 1 aromatic heterocycles. The predicted molar refractivity (Wildman–Crippen MR) is 74.0 cm³/mol. The van der Waals surface area contributed by atoms with Crippen molar-refractivity contribution in [3.05, 3.63) is 53.3 Å². The molecule has 1 aliphatic rings. The highest BCUT2D eigenvalue weighted by molar-refractivity contribution is 5.74. The first-order valence-corrected chi connectivity index (χ1v) is 6.65. The zero-order valence-corrected chi connectivity index (χ0v) is 11.4. The standard InChI is InChI=1S/C15H17N3O2/c1-17-7-6-13(16-17)10-18-9-12-5-3-2-4-11(12)8-14(18)15(19)20/h2-7,14H,8-10H2,1H3,(H,19,20). The van der Waals surface area contributed by atoms with E-state index in [4.69, 9.17) is 0 Å².